The number of hydrogen-bond donors (Lipinski definition) is 1. The van der Waals surface area contributed by atoms with Gasteiger partial charge in [0, 0.05) is 6.20 Å². The molecule has 2 aromatic heterocycles. The van der Waals surface area contributed by atoms with E-state index in [-0.39, 0.29) is 0 Å². The van der Waals surface area contributed by atoms with E-state index in [2.05, 4.69) is 20.2 Å². The molecule has 2 rings (SSSR count). The molecule has 5 nitrogen and oxygen atoms in total. The molecule has 0 bridgehead atoms. The third-order valence-electron chi connectivity index (χ3n) is 1.65. The van der Waals surface area contributed by atoms with E-state index in [4.69, 9.17) is 4.74 Å². The number of aromatic amines is 1. The second-order valence-electron chi connectivity index (χ2n) is 2.61. The summed E-state index contributed by atoms with van der Waals surface area (Å²) < 4.78 is 5.13. The summed E-state index contributed by atoms with van der Waals surface area (Å²) >= 11 is 0. The van der Waals surface area contributed by atoms with Gasteiger partial charge in [-0.2, -0.15) is 4.98 Å². The molecule has 2 heterocycles. The van der Waals surface area contributed by atoms with Gasteiger partial charge in [-0.15, -0.1) is 5.10 Å². The Morgan fingerprint density at radius 1 is 1.43 bits per heavy atom. The van der Waals surface area contributed by atoms with Gasteiger partial charge < -0.3 is 4.74 Å². The molecule has 72 valence electrons. The van der Waals surface area contributed by atoms with Crippen LogP contribution >= 0.6 is 0 Å². The number of H-pyrrole nitrogens is 1. The first-order chi connectivity index (χ1) is 6.90. The molecule has 0 fully saturated rings. The van der Waals surface area contributed by atoms with Gasteiger partial charge in [0.1, 0.15) is 5.69 Å². The van der Waals surface area contributed by atoms with E-state index in [0.29, 0.717) is 18.4 Å². The predicted molar refractivity (Wildman–Crippen MR) is 50.8 cm³/mol. The maximum absolute atomic E-state index is 5.13. The van der Waals surface area contributed by atoms with Crippen molar-refractivity contribution in [1.29, 1.82) is 0 Å². The summed E-state index contributed by atoms with van der Waals surface area (Å²) in [7, 11) is 0. The van der Waals surface area contributed by atoms with E-state index in [0.717, 1.165) is 5.69 Å². The standard InChI is InChI=1S/C9H10N4O/c1-2-14-9-11-8(12-13-9)7-5-3-4-6-10-7/h3-6H,2H2,1H3,(H,11,12,13). The van der Waals surface area contributed by atoms with Crippen molar-refractivity contribution in [2.75, 3.05) is 6.61 Å². The lowest BCUT2D eigenvalue weighted by Gasteiger charge is -1.93. The summed E-state index contributed by atoms with van der Waals surface area (Å²) in [5, 5.41) is 6.64. The summed E-state index contributed by atoms with van der Waals surface area (Å²) in [6.45, 7) is 2.44. The highest BCUT2D eigenvalue weighted by Crippen LogP contribution is 2.12. The Labute approximate surface area is 81.2 Å². The van der Waals surface area contributed by atoms with E-state index >= 15 is 0 Å². The van der Waals surface area contributed by atoms with Crippen molar-refractivity contribution in [3.8, 4) is 17.5 Å². The molecule has 0 aliphatic rings. The Kier molecular flexibility index (Phi) is 2.40. The zero-order valence-electron chi connectivity index (χ0n) is 7.77. The summed E-state index contributed by atoms with van der Waals surface area (Å²) in [4.78, 5) is 8.25. The maximum Gasteiger partial charge on any atom is 0.335 e. The first-order valence-electron chi connectivity index (χ1n) is 4.36. The van der Waals surface area contributed by atoms with E-state index in [1.165, 1.54) is 0 Å². The van der Waals surface area contributed by atoms with E-state index < -0.39 is 0 Å². The van der Waals surface area contributed by atoms with Crippen LogP contribution in [0.2, 0.25) is 0 Å². The number of pyridine rings is 1. The molecule has 14 heavy (non-hydrogen) atoms. The summed E-state index contributed by atoms with van der Waals surface area (Å²) in [6.07, 6.45) is 1.71. The van der Waals surface area contributed by atoms with Crippen LogP contribution in [0.4, 0.5) is 0 Å². The fourth-order valence-electron chi connectivity index (χ4n) is 1.06. The van der Waals surface area contributed by atoms with Crippen molar-refractivity contribution >= 4 is 0 Å². The van der Waals surface area contributed by atoms with E-state index in [1.807, 2.05) is 25.1 Å². The molecule has 0 aliphatic carbocycles. The molecule has 1 N–H and O–H groups in total. The number of rotatable bonds is 3. The largest absolute Gasteiger partial charge is 0.463 e. The first-order valence-corrected chi connectivity index (χ1v) is 4.36. The quantitative estimate of drug-likeness (QED) is 0.791. The van der Waals surface area contributed by atoms with Crippen molar-refractivity contribution in [3.63, 3.8) is 0 Å². The molecule has 2 aromatic rings. The average molecular weight is 190 g/mol. The molecule has 0 amide bonds. The number of ether oxygens (including phenoxy) is 1. The molecule has 0 saturated carbocycles. The number of hydrogen-bond acceptors (Lipinski definition) is 4. The minimum absolute atomic E-state index is 0.355. The van der Waals surface area contributed by atoms with E-state index in [9.17, 15) is 0 Å². The van der Waals surface area contributed by atoms with Crippen molar-refractivity contribution in [3.05, 3.63) is 24.4 Å². The lowest BCUT2D eigenvalue weighted by atomic mass is 10.3. The Bertz CT molecular complexity index is 398. The van der Waals surface area contributed by atoms with Crippen LogP contribution in [0.5, 0.6) is 6.01 Å². The van der Waals surface area contributed by atoms with Gasteiger partial charge in [0.05, 0.1) is 6.61 Å². The number of nitrogens with zero attached hydrogens (tertiary/aromatic N) is 3. The van der Waals surface area contributed by atoms with Gasteiger partial charge in [-0.25, -0.2) is 0 Å². The topological polar surface area (TPSA) is 63.7 Å². The fraction of sp³-hybridized carbons (Fsp3) is 0.222. The molecule has 0 atom stereocenters. The zero-order valence-corrected chi connectivity index (χ0v) is 7.77. The van der Waals surface area contributed by atoms with Crippen LogP contribution in [0.1, 0.15) is 6.92 Å². The van der Waals surface area contributed by atoms with Gasteiger partial charge in [-0.1, -0.05) is 6.07 Å². The second kappa shape index (κ2) is 3.87. The molecular weight excluding hydrogens is 180 g/mol. The Morgan fingerprint density at radius 3 is 3.07 bits per heavy atom. The van der Waals surface area contributed by atoms with Crippen molar-refractivity contribution in [1.82, 2.24) is 20.2 Å². The molecule has 0 aromatic carbocycles. The number of nitrogens with one attached hydrogen (secondary N) is 1. The summed E-state index contributed by atoms with van der Waals surface area (Å²) in [6, 6.07) is 5.96. The number of aromatic nitrogens is 4. The van der Waals surface area contributed by atoms with Gasteiger partial charge in [0.2, 0.25) is 0 Å². The Hall–Kier alpha value is -1.91. The van der Waals surface area contributed by atoms with Crippen LogP contribution in [-0.2, 0) is 0 Å². The predicted octanol–water partition coefficient (Wildman–Crippen LogP) is 1.27. The maximum atomic E-state index is 5.13. The van der Waals surface area contributed by atoms with Crippen LogP contribution in [0.3, 0.4) is 0 Å². The van der Waals surface area contributed by atoms with Crippen LogP contribution < -0.4 is 4.74 Å². The monoisotopic (exact) mass is 190 g/mol. The third-order valence-corrected chi connectivity index (χ3v) is 1.65. The minimum Gasteiger partial charge on any atom is -0.463 e. The SMILES string of the molecule is CCOc1n[nH]c(-c2ccccn2)n1. The van der Waals surface area contributed by atoms with Gasteiger partial charge in [-0.05, 0) is 19.1 Å². The zero-order chi connectivity index (χ0) is 9.80. The summed E-state index contributed by atoms with van der Waals surface area (Å²) in [5.74, 6) is 0.619. The molecule has 5 heteroatoms. The Morgan fingerprint density at radius 2 is 2.36 bits per heavy atom. The average Bonchev–Trinajstić information content (AvgIpc) is 2.68. The van der Waals surface area contributed by atoms with Gasteiger partial charge >= 0.3 is 6.01 Å². The Balaban J connectivity index is 2.25. The van der Waals surface area contributed by atoms with Crippen LogP contribution in [-0.4, -0.2) is 26.8 Å². The molecule has 0 radical (unpaired) electrons. The smallest absolute Gasteiger partial charge is 0.335 e. The normalized spacial score (nSPS) is 10.1. The second-order valence-corrected chi connectivity index (χ2v) is 2.61. The first kappa shape index (κ1) is 8.68. The highest BCUT2D eigenvalue weighted by atomic mass is 16.5. The van der Waals surface area contributed by atoms with Crippen molar-refractivity contribution < 1.29 is 4.74 Å². The van der Waals surface area contributed by atoms with E-state index in [1.54, 1.807) is 6.20 Å². The summed E-state index contributed by atoms with van der Waals surface area (Å²) in [5.41, 5.74) is 0.756. The highest BCUT2D eigenvalue weighted by molar-refractivity contribution is 5.47. The van der Waals surface area contributed by atoms with Crippen LogP contribution in [0.25, 0.3) is 11.5 Å². The third kappa shape index (κ3) is 1.71. The molecule has 0 spiro atoms. The van der Waals surface area contributed by atoms with Gasteiger partial charge in [-0.3, -0.25) is 10.1 Å². The fourth-order valence-corrected chi connectivity index (χ4v) is 1.06. The molecular formula is C9H10N4O. The lowest BCUT2D eigenvalue weighted by Crippen LogP contribution is -1.92. The van der Waals surface area contributed by atoms with Gasteiger partial charge in [0.25, 0.3) is 0 Å². The molecule has 0 unspecified atom stereocenters. The molecule has 0 aliphatic heterocycles. The minimum atomic E-state index is 0.355. The van der Waals surface area contributed by atoms with Crippen molar-refractivity contribution in [2.24, 2.45) is 0 Å². The highest BCUT2D eigenvalue weighted by Gasteiger charge is 2.05. The van der Waals surface area contributed by atoms with Crippen LogP contribution in [0, 0.1) is 0 Å². The van der Waals surface area contributed by atoms with Crippen LogP contribution in [0.15, 0.2) is 24.4 Å². The van der Waals surface area contributed by atoms with Gasteiger partial charge in [0.15, 0.2) is 5.82 Å². The van der Waals surface area contributed by atoms with Crippen molar-refractivity contribution in [2.45, 2.75) is 6.92 Å². The molecule has 0 saturated heterocycles. The lowest BCUT2D eigenvalue weighted by molar-refractivity contribution is 0.314.